The Bertz CT molecular complexity index is 417. The number of nitrogens with one attached hydrogen (secondary N) is 1. The van der Waals surface area contributed by atoms with Crippen molar-refractivity contribution in [1.29, 1.82) is 0 Å². The van der Waals surface area contributed by atoms with Gasteiger partial charge in [-0.05, 0) is 29.9 Å². The van der Waals surface area contributed by atoms with Gasteiger partial charge in [-0.2, -0.15) is 11.8 Å². The predicted octanol–water partition coefficient (Wildman–Crippen LogP) is 3.27. The van der Waals surface area contributed by atoms with Gasteiger partial charge in [0.2, 0.25) is 0 Å². The zero-order chi connectivity index (χ0) is 13.8. The summed E-state index contributed by atoms with van der Waals surface area (Å²) in [7, 11) is 2.00. The summed E-state index contributed by atoms with van der Waals surface area (Å²) < 4.78 is 14.2. The topological polar surface area (TPSA) is 15.3 Å². The van der Waals surface area contributed by atoms with Gasteiger partial charge in [0, 0.05) is 31.4 Å². The van der Waals surface area contributed by atoms with E-state index >= 15 is 0 Å². The number of halogens is 1. The number of rotatable bonds is 5. The minimum absolute atomic E-state index is 0.109. The van der Waals surface area contributed by atoms with Crippen molar-refractivity contribution in [2.45, 2.75) is 38.9 Å². The Morgan fingerprint density at radius 3 is 2.84 bits per heavy atom. The Morgan fingerprint density at radius 1 is 1.47 bits per heavy atom. The summed E-state index contributed by atoms with van der Waals surface area (Å²) >= 11 is 1.95. The smallest absolute Gasteiger partial charge is 0.146 e. The highest BCUT2D eigenvalue weighted by atomic mass is 32.2. The molecule has 0 aromatic heterocycles. The van der Waals surface area contributed by atoms with Crippen LogP contribution in [-0.4, -0.2) is 30.6 Å². The van der Waals surface area contributed by atoms with Gasteiger partial charge >= 0.3 is 0 Å². The van der Waals surface area contributed by atoms with E-state index in [2.05, 4.69) is 24.1 Å². The van der Waals surface area contributed by atoms with Crippen molar-refractivity contribution in [3.05, 3.63) is 29.6 Å². The van der Waals surface area contributed by atoms with E-state index in [1.165, 1.54) is 5.75 Å². The van der Waals surface area contributed by atoms with Gasteiger partial charge in [0.15, 0.2) is 0 Å². The molecule has 0 aliphatic carbocycles. The fraction of sp³-hybridized carbons (Fsp3) is 0.600. The minimum atomic E-state index is -0.109. The molecule has 2 nitrogen and oxygen atoms in total. The Morgan fingerprint density at radius 2 is 2.26 bits per heavy atom. The summed E-state index contributed by atoms with van der Waals surface area (Å²) in [5.74, 6) is 2.18. The third-order valence-electron chi connectivity index (χ3n) is 3.56. The Kier molecular flexibility index (Phi) is 5.11. The van der Waals surface area contributed by atoms with Crippen LogP contribution in [0.25, 0.3) is 0 Å². The molecule has 1 aliphatic rings. The molecule has 1 saturated heterocycles. The molecule has 2 rings (SSSR count). The van der Waals surface area contributed by atoms with E-state index in [-0.39, 0.29) is 5.82 Å². The highest BCUT2D eigenvalue weighted by Gasteiger charge is 2.22. The zero-order valence-corrected chi connectivity index (χ0v) is 12.8. The molecule has 1 atom stereocenters. The fourth-order valence-electron chi connectivity index (χ4n) is 2.29. The average Bonchev–Trinajstić information content (AvgIpc) is 2.89. The van der Waals surface area contributed by atoms with E-state index in [0.29, 0.717) is 12.1 Å². The molecule has 0 bridgehead atoms. The van der Waals surface area contributed by atoms with Crippen molar-refractivity contribution >= 4 is 17.4 Å². The first kappa shape index (κ1) is 14.7. The molecule has 1 N–H and O–H groups in total. The lowest BCUT2D eigenvalue weighted by Gasteiger charge is -2.26. The van der Waals surface area contributed by atoms with Crippen LogP contribution in [0.1, 0.15) is 25.8 Å². The summed E-state index contributed by atoms with van der Waals surface area (Å²) in [6.07, 6.45) is 1.15. The third-order valence-corrected chi connectivity index (χ3v) is 4.70. The molecule has 1 aromatic carbocycles. The first-order chi connectivity index (χ1) is 9.08. The SMILES string of the molecule is CC(C)NCc1ccc(N(C)C2CCSC2)c(F)c1. The van der Waals surface area contributed by atoms with Gasteiger partial charge in [0.25, 0.3) is 0 Å². The van der Waals surface area contributed by atoms with E-state index in [1.54, 1.807) is 6.07 Å². The second-order valence-corrected chi connectivity index (χ2v) is 6.60. The first-order valence-corrected chi connectivity index (χ1v) is 8.06. The summed E-state index contributed by atoms with van der Waals surface area (Å²) in [6, 6.07) is 6.48. The standard InChI is InChI=1S/C15H23FN2S/c1-11(2)17-9-12-4-5-15(14(16)8-12)18(3)13-6-7-19-10-13/h4-5,8,11,13,17H,6-7,9-10H2,1-3H3. The normalized spacial score (nSPS) is 19.1. The molecule has 19 heavy (non-hydrogen) atoms. The quantitative estimate of drug-likeness (QED) is 0.892. The fourth-order valence-corrected chi connectivity index (χ4v) is 3.56. The van der Waals surface area contributed by atoms with Crippen LogP contribution in [0.4, 0.5) is 10.1 Å². The van der Waals surface area contributed by atoms with Gasteiger partial charge in [0.05, 0.1) is 5.69 Å². The molecule has 1 aliphatic heterocycles. The minimum Gasteiger partial charge on any atom is -0.368 e. The van der Waals surface area contributed by atoms with E-state index in [9.17, 15) is 4.39 Å². The van der Waals surface area contributed by atoms with Gasteiger partial charge in [-0.3, -0.25) is 0 Å². The van der Waals surface area contributed by atoms with Crippen LogP contribution in [0, 0.1) is 5.82 Å². The van der Waals surface area contributed by atoms with Crippen LogP contribution in [0.5, 0.6) is 0 Å². The summed E-state index contributed by atoms with van der Waals surface area (Å²) in [5.41, 5.74) is 1.73. The van der Waals surface area contributed by atoms with E-state index < -0.39 is 0 Å². The molecule has 1 unspecified atom stereocenters. The first-order valence-electron chi connectivity index (χ1n) is 6.90. The summed E-state index contributed by atoms with van der Waals surface area (Å²) in [6.45, 7) is 4.91. The highest BCUT2D eigenvalue weighted by Crippen LogP contribution is 2.28. The van der Waals surface area contributed by atoms with Gasteiger partial charge in [-0.1, -0.05) is 19.9 Å². The van der Waals surface area contributed by atoms with Crippen molar-refractivity contribution in [2.24, 2.45) is 0 Å². The van der Waals surface area contributed by atoms with E-state index in [1.807, 2.05) is 30.9 Å². The zero-order valence-electron chi connectivity index (χ0n) is 11.9. The lowest BCUT2D eigenvalue weighted by molar-refractivity contribution is 0.578. The molecule has 0 amide bonds. The van der Waals surface area contributed by atoms with Crippen LogP contribution >= 0.6 is 11.8 Å². The number of nitrogens with zero attached hydrogens (tertiary/aromatic N) is 1. The second-order valence-electron chi connectivity index (χ2n) is 5.45. The second kappa shape index (κ2) is 6.62. The van der Waals surface area contributed by atoms with Crippen molar-refractivity contribution in [2.75, 3.05) is 23.5 Å². The Labute approximate surface area is 119 Å². The maximum absolute atomic E-state index is 14.2. The molecular formula is C15H23FN2S. The Hall–Kier alpha value is -0.740. The maximum atomic E-state index is 14.2. The van der Waals surface area contributed by atoms with E-state index in [4.69, 9.17) is 0 Å². The lowest BCUT2D eigenvalue weighted by atomic mass is 10.1. The van der Waals surface area contributed by atoms with Gasteiger partial charge in [-0.15, -0.1) is 0 Å². The largest absolute Gasteiger partial charge is 0.368 e. The molecule has 1 heterocycles. The number of hydrogen-bond donors (Lipinski definition) is 1. The number of anilines is 1. The molecule has 4 heteroatoms. The van der Waals surface area contributed by atoms with Crippen LogP contribution in [0.3, 0.4) is 0 Å². The predicted molar refractivity (Wildman–Crippen MR) is 82.5 cm³/mol. The van der Waals surface area contributed by atoms with Crippen LogP contribution < -0.4 is 10.2 Å². The number of hydrogen-bond acceptors (Lipinski definition) is 3. The summed E-state index contributed by atoms with van der Waals surface area (Å²) in [4.78, 5) is 2.09. The molecule has 1 fully saturated rings. The van der Waals surface area contributed by atoms with Gasteiger partial charge < -0.3 is 10.2 Å². The molecule has 0 spiro atoms. The van der Waals surface area contributed by atoms with Gasteiger partial charge in [0.1, 0.15) is 5.82 Å². The molecule has 1 aromatic rings. The molecule has 106 valence electrons. The average molecular weight is 282 g/mol. The van der Waals surface area contributed by atoms with Crippen molar-refractivity contribution < 1.29 is 4.39 Å². The van der Waals surface area contributed by atoms with Crippen molar-refractivity contribution in [1.82, 2.24) is 5.32 Å². The van der Waals surface area contributed by atoms with E-state index in [0.717, 1.165) is 30.0 Å². The maximum Gasteiger partial charge on any atom is 0.146 e. The van der Waals surface area contributed by atoms with Crippen LogP contribution in [0.2, 0.25) is 0 Å². The summed E-state index contributed by atoms with van der Waals surface area (Å²) in [5, 5.41) is 3.31. The van der Waals surface area contributed by atoms with Crippen LogP contribution in [0.15, 0.2) is 18.2 Å². The molecule has 0 saturated carbocycles. The van der Waals surface area contributed by atoms with Crippen molar-refractivity contribution in [3.8, 4) is 0 Å². The monoisotopic (exact) mass is 282 g/mol. The molecular weight excluding hydrogens is 259 g/mol. The van der Waals surface area contributed by atoms with Crippen molar-refractivity contribution in [3.63, 3.8) is 0 Å². The molecule has 0 radical (unpaired) electrons. The van der Waals surface area contributed by atoms with Gasteiger partial charge in [-0.25, -0.2) is 4.39 Å². The number of benzene rings is 1. The Balaban J connectivity index is 2.05. The van der Waals surface area contributed by atoms with Crippen LogP contribution in [-0.2, 0) is 6.54 Å². The lowest BCUT2D eigenvalue weighted by Crippen LogP contribution is -2.32. The number of thioether (sulfide) groups is 1. The highest BCUT2D eigenvalue weighted by molar-refractivity contribution is 7.99. The third kappa shape index (κ3) is 3.86.